The maximum absolute atomic E-state index is 4.00. The van der Waals surface area contributed by atoms with Gasteiger partial charge in [0, 0.05) is 0 Å². The van der Waals surface area contributed by atoms with Gasteiger partial charge in [-0.1, -0.05) is 76.1 Å². The van der Waals surface area contributed by atoms with Crippen molar-refractivity contribution in [3.63, 3.8) is 0 Å². The number of allylic oxidation sites excluding steroid dienone is 2. The van der Waals surface area contributed by atoms with E-state index in [-0.39, 0.29) is 0 Å². The first-order chi connectivity index (χ1) is 11.2. The number of aryl methyl sites for hydroxylation is 1. The maximum atomic E-state index is 4.00. The Balaban J connectivity index is 0. The molecule has 0 saturated carbocycles. The minimum Gasteiger partial charge on any atom is -0.166 e. The van der Waals surface area contributed by atoms with Crippen LogP contribution in [0.2, 0.25) is 0 Å². The number of terminal acetylenes is 1. The molecule has 0 nitrogen and oxygen atoms in total. The zero-order valence-corrected chi connectivity index (χ0v) is 16.5. The van der Waals surface area contributed by atoms with Gasteiger partial charge < -0.3 is 0 Å². The molecule has 1 rings (SSSR count). The lowest BCUT2D eigenvalue weighted by molar-refractivity contribution is 0.962. The van der Waals surface area contributed by atoms with Gasteiger partial charge in [-0.05, 0) is 48.5 Å². The summed E-state index contributed by atoms with van der Waals surface area (Å²) in [6.07, 6.45) is 23.8. The molecule has 0 fully saturated rings. The second-order valence-corrected chi connectivity index (χ2v) is 6.23. The Morgan fingerprint density at radius 1 is 0.957 bits per heavy atom. The first kappa shape index (κ1) is 23.9. The molecule has 0 aliphatic carbocycles. The van der Waals surface area contributed by atoms with Crippen LogP contribution < -0.4 is 0 Å². The van der Waals surface area contributed by atoms with Crippen molar-refractivity contribution in [1.82, 2.24) is 0 Å². The minimum atomic E-state index is 1.16. The molecule has 0 radical (unpaired) electrons. The van der Waals surface area contributed by atoms with E-state index >= 15 is 0 Å². The predicted octanol–water partition coefficient (Wildman–Crippen LogP) is 7.24. The molecule has 0 saturated heterocycles. The highest BCUT2D eigenvalue weighted by molar-refractivity contribution is 7.98. The molecule has 0 aliphatic rings. The first-order valence-corrected chi connectivity index (χ1v) is 9.84. The molecule has 0 aliphatic heterocycles. The van der Waals surface area contributed by atoms with Gasteiger partial charge in [0.1, 0.15) is 0 Å². The Kier molecular flexibility index (Phi) is 19.4. The molecular formula is C22H34S. The zero-order valence-electron chi connectivity index (χ0n) is 15.6. The molecule has 0 aromatic heterocycles. The molecule has 0 spiro atoms. The van der Waals surface area contributed by atoms with Crippen LogP contribution in [-0.4, -0.2) is 12.0 Å². The summed E-state index contributed by atoms with van der Waals surface area (Å²) in [5, 5.41) is 0. The van der Waals surface area contributed by atoms with Gasteiger partial charge in [0.15, 0.2) is 0 Å². The van der Waals surface area contributed by atoms with E-state index in [1.807, 2.05) is 11.8 Å². The summed E-state index contributed by atoms with van der Waals surface area (Å²) in [5.41, 5.74) is 4.01. The Morgan fingerprint density at radius 2 is 1.48 bits per heavy atom. The maximum Gasteiger partial charge on any atom is -0.00988 e. The third kappa shape index (κ3) is 14.0. The van der Waals surface area contributed by atoms with Gasteiger partial charge in [-0.2, -0.15) is 11.8 Å². The van der Waals surface area contributed by atoms with Crippen molar-refractivity contribution in [3.8, 4) is 12.8 Å². The van der Waals surface area contributed by atoms with E-state index in [0.29, 0.717) is 0 Å². The van der Waals surface area contributed by atoms with Crippen LogP contribution in [0.1, 0.15) is 63.1 Å². The lowest BCUT2D eigenvalue weighted by Gasteiger charge is -2.02. The summed E-state index contributed by atoms with van der Waals surface area (Å²) < 4.78 is 0. The monoisotopic (exact) mass is 330 g/mol. The lowest BCUT2D eigenvalue weighted by atomic mass is 10.0. The van der Waals surface area contributed by atoms with Crippen molar-refractivity contribution in [2.24, 2.45) is 0 Å². The van der Waals surface area contributed by atoms with Gasteiger partial charge in [0.25, 0.3) is 0 Å². The standard InChI is InChI=1S/C17H24.C3H8S.C2H2/c1-4-6-8-10-16-12-13-17(15(3)14-16)11-9-7-5-2;1-3-4-2;1-2/h8-14H,4-7H2,1-3H3;3H2,1-2H3;1-2H/b10-8+,11-9-;;. The van der Waals surface area contributed by atoms with Crippen LogP contribution in [0.25, 0.3) is 12.2 Å². The lowest BCUT2D eigenvalue weighted by Crippen LogP contribution is -1.82. The smallest absolute Gasteiger partial charge is 0.00988 e. The SMILES string of the molecule is C#C.CCC/C=C\c1ccc(/C=C/CCC)cc1C.CCSC. The molecule has 128 valence electrons. The van der Waals surface area contributed by atoms with E-state index in [1.165, 1.54) is 35.3 Å². The van der Waals surface area contributed by atoms with E-state index in [2.05, 4.69) is 89.3 Å². The summed E-state index contributed by atoms with van der Waals surface area (Å²) in [6, 6.07) is 6.68. The summed E-state index contributed by atoms with van der Waals surface area (Å²) >= 11 is 1.86. The van der Waals surface area contributed by atoms with Crippen LogP contribution in [0, 0.1) is 19.8 Å². The minimum absolute atomic E-state index is 1.16. The fourth-order valence-corrected chi connectivity index (χ4v) is 1.75. The molecule has 0 heterocycles. The van der Waals surface area contributed by atoms with Crippen LogP contribution in [0.3, 0.4) is 0 Å². The molecule has 1 heteroatoms. The van der Waals surface area contributed by atoms with Crippen molar-refractivity contribution in [1.29, 1.82) is 0 Å². The molecular weight excluding hydrogens is 296 g/mol. The quantitative estimate of drug-likeness (QED) is 0.475. The predicted molar refractivity (Wildman–Crippen MR) is 113 cm³/mol. The number of rotatable bonds is 7. The Labute approximate surface area is 149 Å². The van der Waals surface area contributed by atoms with Crippen molar-refractivity contribution >= 4 is 23.9 Å². The van der Waals surface area contributed by atoms with Crippen molar-refractivity contribution in [3.05, 3.63) is 47.0 Å². The van der Waals surface area contributed by atoms with Crippen LogP contribution in [-0.2, 0) is 0 Å². The summed E-state index contributed by atoms with van der Waals surface area (Å²) in [5.74, 6) is 1.24. The molecule has 0 atom stereocenters. The van der Waals surface area contributed by atoms with Gasteiger partial charge in [-0.25, -0.2) is 0 Å². The van der Waals surface area contributed by atoms with Gasteiger partial charge in [0.2, 0.25) is 0 Å². The van der Waals surface area contributed by atoms with Gasteiger partial charge in [-0.15, -0.1) is 12.8 Å². The highest BCUT2D eigenvalue weighted by Gasteiger charge is 1.94. The van der Waals surface area contributed by atoms with Gasteiger partial charge >= 0.3 is 0 Å². The van der Waals surface area contributed by atoms with Gasteiger partial charge in [-0.3, -0.25) is 0 Å². The fraction of sp³-hybridized carbons (Fsp3) is 0.455. The second kappa shape index (κ2) is 18.7. The van der Waals surface area contributed by atoms with Crippen LogP contribution in [0.4, 0.5) is 0 Å². The second-order valence-electron chi connectivity index (χ2n) is 5.08. The summed E-state index contributed by atoms with van der Waals surface area (Å²) in [4.78, 5) is 0. The average molecular weight is 331 g/mol. The molecule has 1 aromatic carbocycles. The number of hydrogen-bond donors (Lipinski definition) is 0. The number of thioether (sulfide) groups is 1. The van der Waals surface area contributed by atoms with Crippen molar-refractivity contribution in [2.75, 3.05) is 12.0 Å². The summed E-state index contributed by atoms with van der Waals surface area (Å²) in [6.45, 7) is 8.74. The third-order valence-corrected chi connectivity index (χ3v) is 3.68. The Morgan fingerprint density at radius 3 is 1.91 bits per heavy atom. The summed E-state index contributed by atoms with van der Waals surface area (Å²) in [7, 11) is 0. The fourth-order valence-electron chi connectivity index (χ4n) is 1.75. The van der Waals surface area contributed by atoms with E-state index in [1.54, 1.807) is 0 Å². The van der Waals surface area contributed by atoms with Crippen LogP contribution in [0.5, 0.6) is 0 Å². The molecule has 0 amide bonds. The van der Waals surface area contributed by atoms with Crippen LogP contribution >= 0.6 is 11.8 Å². The van der Waals surface area contributed by atoms with E-state index in [0.717, 1.165) is 12.8 Å². The highest BCUT2D eigenvalue weighted by Crippen LogP contribution is 2.14. The molecule has 1 aromatic rings. The van der Waals surface area contributed by atoms with E-state index in [4.69, 9.17) is 0 Å². The molecule has 0 bridgehead atoms. The molecule has 0 unspecified atom stereocenters. The highest BCUT2D eigenvalue weighted by atomic mass is 32.2. The molecule has 0 N–H and O–H groups in total. The van der Waals surface area contributed by atoms with Crippen molar-refractivity contribution in [2.45, 2.75) is 53.4 Å². The number of benzene rings is 1. The Bertz CT molecular complexity index is 450. The van der Waals surface area contributed by atoms with Gasteiger partial charge in [0.05, 0.1) is 0 Å². The number of unbranched alkanes of at least 4 members (excludes halogenated alkanes) is 2. The topological polar surface area (TPSA) is 0 Å². The third-order valence-electron chi connectivity index (χ3n) is 3.10. The molecule has 23 heavy (non-hydrogen) atoms. The first-order valence-electron chi connectivity index (χ1n) is 8.45. The zero-order chi connectivity index (χ0) is 17.9. The van der Waals surface area contributed by atoms with Crippen molar-refractivity contribution < 1.29 is 0 Å². The van der Waals surface area contributed by atoms with E-state index < -0.39 is 0 Å². The Hall–Kier alpha value is -1.39. The normalized spacial score (nSPS) is 10.0. The number of hydrogen-bond acceptors (Lipinski definition) is 1. The average Bonchev–Trinajstić information content (AvgIpc) is 2.59. The van der Waals surface area contributed by atoms with E-state index in [9.17, 15) is 0 Å². The van der Waals surface area contributed by atoms with Crippen LogP contribution in [0.15, 0.2) is 30.4 Å². The largest absolute Gasteiger partial charge is 0.166 e.